The van der Waals surface area contributed by atoms with E-state index in [0.29, 0.717) is 22.1 Å². The second kappa shape index (κ2) is 7.69. The predicted molar refractivity (Wildman–Crippen MR) is 82.7 cm³/mol. The number of rotatable bonds is 4. The van der Waals surface area contributed by atoms with Gasteiger partial charge in [-0.05, 0) is 30.7 Å². The third-order valence-electron chi connectivity index (χ3n) is 2.93. The number of hydrogen-bond donors (Lipinski definition) is 1. The lowest BCUT2D eigenvalue weighted by Crippen LogP contribution is -2.39. The van der Waals surface area contributed by atoms with Gasteiger partial charge in [0.1, 0.15) is 0 Å². The van der Waals surface area contributed by atoms with Crippen molar-refractivity contribution < 1.29 is 33.3 Å². The first-order valence-electron chi connectivity index (χ1n) is 6.77. The Hall–Kier alpha value is -2.74. The van der Waals surface area contributed by atoms with Crippen LogP contribution in [0.25, 0.3) is 6.08 Å². The molecule has 1 aliphatic heterocycles. The minimum atomic E-state index is -1.17. The Morgan fingerprint density at radius 3 is 2.79 bits per heavy atom. The summed E-state index contributed by atoms with van der Waals surface area (Å²) in [5.74, 6) is -0.642. The van der Waals surface area contributed by atoms with E-state index in [1.807, 2.05) is 5.32 Å². The van der Waals surface area contributed by atoms with E-state index in [0.717, 1.165) is 13.2 Å². The van der Waals surface area contributed by atoms with Crippen molar-refractivity contribution in [2.75, 3.05) is 13.9 Å². The first-order chi connectivity index (χ1) is 11.4. The smallest absolute Gasteiger partial charge is 0.413 e. The van der Waals surface area contributed by atoms with Crippen molar-refractivity contribution in [3.8, 4) is 11.5 Å². The van der Waals surface area contributed by atoms with E-state index in [-0.39, 0.29) is 6.79 Å². The maximum Gasteiger partial charge on any atom is 0.413 e. The fourth-order valence-corrected chi connectivity index (χ4v) is 2.04. The van der Waals surface area contributed by atoms with Crippen LogP contribution in [0, 0.1) is 0 Å². The van der Waals surface area contributed by atoms with Crippen LogP contribution >= 0.6 is 11.6 Å². The number of ether oxygens (including phenoxy) is 4. The number of carbonyl (C=O) groups is 3. The zero-order chi connectivity index (χ0) is 17.7. The molecule has 0 saturated heterocycles. The van der Waals surface area contributed by atoms with Crippen LogP contribution in [0.15, 0.2) is 18.2 Å². The first kappa shape index (κ1) is 17.6. The van der Waals surface area contributed by atoms with Gasteiger partial charge in [0.15, 0.2) is 17.6 Å². The molecule has 1 atom stereocenters. The topological polar surface area (TPSA) is 100 Å². The quantitative estimate of drug-likeness (QED) is 0.650. The van der Waals surface area contributed by atoms with E-state index in [1.165, 1.54) is 13.0 Å². The van der Waals surface area contributed by atoms with Gasteiger partial charge in [0.25, 0.3) is 5.91 Å². The summed E-state index contributed by atoms with van der Waals surface area (Å²) in [5.41, 5.74) is 0.591. The number of methoxy groups -OCH3 is 1. The molecular formula is C15H14ClNO7. The van der Waals surface area contributed by atoms with E-state index in [9.17, 15) is 14.4 Å². The van der Waals surface area contributed by atoms with Crippen LogP contribution in [0.3, 0.4) is 0 Å². The Kier molecular flexibility index (Phi) is 5.64. The largest absolute Gasteiger partial charge is 0.454 e. The SMILES string of the molecule is COC(=O)NC(=O)[C@H](C)OC(=O)/C=C/c1cc(Cl)c2c(c1)OCO2. The summed E-state index contributed by atoms with van der Waals surface area (Å²) in [6.45, 7) is 1.40. The zero-order valence-corrected chi connectivity index (χ0v) is 13.6. The van der Waals surface area contributed by atoms with Crippen molar-refractivity contribution >= 4 is 35.6 Å². The summed E-state index contributed by atoms with van der Waals surface area (Å²) in [4.78, 5) is 34.1. The first-order valence-corrected chi connectivity index (χ1v) is 7.15. The molecule has 0 saturated carbocycles. The highest BCUT2D eigenvalue weighted by Crippen LogP contribution is 2.40. The third kappa shape index (κ3) is 4.39. The zero-order valence-electron chi connectivity index (χ0n) is 12.8. The van der Waals surface area contributed by atoms with Gasteiger partial charge >= 0.3 is 12.1 Å². The predicted octanol–water partition coefficient (Wildman–Crippen LogP) is 1.90. The fourth-order valence-electron chi connectivity index (χ4n) is 1.77. The van der Waals surface area contributed by atoms with Gasteiger partial charge in [-0.2, -0.15) is 0 Å². The molecular weight excluding hydrogens is 342 g/mol. The standard InChI is InChI=1S/C15H14ClNO7/c1-8(14(19)17-15(20)21-2)24-12(18)4-3-9-5-10(16)13-11(6-9)22-7-23-13/h3-6,8H,7H2,1-2H3,(H,17,19,20)/b4-3+/t8-/m0/s1. The molecule has 128 valence electrons. The number of amides is 2. The van der Waals surface area contributed by atoms with Crippen molar-refractivity contribution in [3.63, 3.8) is 0 Å². The van der Waals surface area contributed by atoms with Crippen LogP contribution in [0.5, 0.6) is 11.5 Å². The van der Waals surface area contributed by atoms with Crippen molar-refractivity contribution in [2.45, 2.75) is 13.0 Å². The Morgan fingerprint density at radius 1 is 1.33 bits per heavy atom. The lowest BCUT2D eigenvalue weighted by atomic mass is 10.2. The summed E-state index contributed by atoms with van der Waals surface area (Å²) in [5, 5.41) is 2.25. The number of hydrogen-bond acceptors (Lipinski definition) is 7. The van der Waals surface area contributed by atoms with Crippen LogP contribution < -0.4 is 14.8 Å². The summed E-state index contributed by atoms with van der Waals surface area (Å²) < 4.78 is 19.5. The second-order valence-corrected chi connectivity index (χ2v) is 5.04. The second-order valence-electron chi connectivity index (χ2n) is 4.63. The maximum absolute atomic E-state index is 11.7. The monoisotopic (exact) mass is 355 g/mol. The van der Waals surface area contributed by atoms with Gasteiger partial charge in [0.2, 0.25) is 6.79 Å². The molecule has 0 aliphatic carbocycles. The van der Waals surface area contributed by atoms with E-state index in [2.05, 4.69) is 4.74 Å². The summed E-state index contributed by atoms with van der Waals surface area (Å²) in [7, 11) is 1.11. The van der Waals surface area contributed by atoms with E-state index < -0.39 is 24.1 Å². The average Bonchev–Trinajstić information content (AvgIpc) is 3.01. The molecule has 1 aliphatic rings. The van der Waals surface area contributed by atoms with Gasteiger partial charge in [-0.1, -0.05) is 11.6 Å². The van der Waals surface area contributed by atoms with Crippen LogP contribution in [-0.4, -0.2) is 38.0 Å². The lowest BCUT2D eigenvalue weighted by Gasteiger charge is -2.10. The Labute approximate surface area is 142 Å². The normalized spacial score (nSPS) is 13.5. The van der Waals surface area contributed by atoms with Crippen LogP contribution in [0.2, 0.25) is 5.02 Å². The maximum atomic E-state index is 11.7. The number of alkyl carbamates (subject to hydrolysis) is 1. The van der Waals surface area contributed by atoms with Crippen LogP contribution in [-0.2, 0) is 19.1 Å². The molecule has 0 aromatic heterocycles. The molecule has 0 fully saturated rings. The molecule has 1 aromatic rings. The third-order valence-corrected chi connectivity index (χ3v) is 3.21. The number of halogens is 1. The molecule has 0 radical (unpaired) electrons. The molecule has 1 N–H and O–H groups in total. The number of imide groups is 1. The van der Waals surface area contributed by atoms with Gasteiger partial charge in [-0.15, -0.1) is 0 Å². The highest BCUT2D eigenvalue weighted by molar-refractivity contribution is 6.32. The van der Waals surface area contributed by atoms with Gasteiger partial charge in [0.05, 0.1) is 12.1 Å². The molecule has 2 rings (SSSR count). The van der Waals surface area contributed by atoms with Crippen molar-refractivity contribution in [2.24, 2.45) is 0 Å². The van der Waals surface area contributed by atoms with Crippen molar-refractivity contribution in [1.82, 2.24) is 5.32 Å². The molecule has 0 spiro atoms. The molecule has 9 heteroatoms. The highest BCUT2D eigenvalue weighted by Gasteiger charge is 2.20. The number of nitrogens with one attached hydrogen (secondary N) is 1. The Balaban J connectivity index is 1.95. The highest BCUT2D eigenvalue weighted by atomic mass is 35.5. The summed E-state index contributed by atoms with van der Waals surface area (Å²) >= 11 is 6.03. The van der Waals surface area contributed by atoms with Gasteiger partial charge in [0, 0.05) is 6.08 Å². The number of benzene rings is 1. The Morgan fingerprint density at radius 2 is 2.08 bits per heavy atom. The summed E-state index contributed by atoms with van der Waals surface area (Å²) in [6, 6.07) is 3.23. The molecule has 8 nitrogen and oxygen atoms in total. The minimum absolute atomic E-state index is 0.0804. The van der Waals surface area contributed by atoms with Gasteiger partial charge in [-0.3, -0.25) is 10.1 Å². The number of esters is 1. The van der Waals surface area contributed by atoms with Crippen molar-refractivity contribution in [1.29, 1.82) is 0 Å². The van der Waals surface area contributed by atoms with E-state index in [1.54, 1.807) is 12.1 Å². The Bertz CT molecular complexity index is 701. The molecule has 1 aromatic carbocycles. The number of carbonyl (C=O) groups excluding carboxylic acids is 3. The fraction of sp³-hybridized carbons (Fsp3) is 0.267. The molecule has 2 amide bonds. The summed E-state index contributed by atoms with van der Waals surface area (Å²) in [6.07, 6.45) is 0.465. The van der Waals surface area contributed by atoms with Crippen LogP contribution in [0.1, 0.15) is 12.5 Å². The molecule has 1 heterocycles. The number of fused-ring (bicyclic) bond motifs is 1. The van der Waals surface area contributed by atoms with Crippen LogP contribution in [0.4, 0.5) is 4.79 Å². The molecule has 0 unspecified atom stereocenters. The minimum Gasteiger partial charge on any atom is -0.454 e. The average molecular weight is 356 g/mol. The van der Waals surface area contributed by atoms with Gasteiger partial charge < -0.3 is 18.9 Å². The van der Waals surface area contributed by atoms with Crippen molar-refractivity contribution in [3.05, 3.63) is 28.8 Å². The van der Waals surface area contributed by atoms with E-state index >= 15 is 0 Å². The molecule has 24 heavy (non-hydrogen) atoms. The van der Waals surface area contributed by atoms with E-state index in [4.69, 9.17) is 25.8 Å². The molecule has 0 bridgehead atoms. The lowest BCUT2D eigenvalue weighted by molar-refractivity contribution is -0.149. The van der Waals surface area contributed by atoms with Gasteiger partial charge in [-0.25, -0.2) is 9.59 Å².